The number of nitrogens with one attached hydrogen (secondary N) is 1. The summed E-state index contributed by atoms with van der Waals surface area (Å²) in [7, 11) is 0. The normalized spacial score (nSPS) is 10.3. The van der Waals surface area contributed by atoms with Crippen LogP contribution in [-0.2, 0) is 6.61 Å². The summed E-state index contributed by atoms with van der Waals surface area (Å²) >= 11 is 0. The molecule has 1 amide bonds. The molecule has 2 N–H and O–H groups in total. The number of anilines is 1. The molecule has 0 saturated carbocycles. The molecule has 2 rings (SSSR count). The van der Waals surface area contributed by atoms with Crippen LogP contribution in [0.2, 0.25) is 0 Å². The fourth-order valence-electron chi connectivity index (χ4n) is 1.79. The van der Waals surface area contributed by atoms with Crippen molar-refractivity contribution in [3.63, 3.8) is 0 Å². The third kappa shape index (κ3) is 2.97. The Hall–Kier alpha value is -2.34. The third-order valence-corrected chi connectivity index (χ3v) is 2.75. The van der Waals surface area contributed by atoms with E-state index >= 15 is 0 Å². The molecule has 20 heavy (non-hydrogen) atoms. The summed E-state index contributed by atoms with van der Waals surface area (Å²) in [6, 6.07) is 5.08. The standard InChI is InChI=1S/C14H16N2O4/c1-3-19-12-5-4-11(6-10(12)7-17)16-14(18)13-9(2)20-8-15-13/h4-6,8,17H,3,7H2,1-2H3,(H,16,18). The van der Waals surface area contributed by atoms with E-state index in [2.05, 4.69) is 10.3 Å². The predicted molar refractivity (Wildman–Crippen MR) is 72.7 cm³/mol. The van der Waals surface area contributed by atoms with Crippen LogP contribution in [0.5, 0.6) is 5.75 Å². The zero-order valence-corrected chi connectivity index (χ0v) is 11.3. The van der Waals surface area contributed by atoms with Gasteiger partial charge in [-0.1, -0.05) is 0 Å². The molecular formula is C14H16N2O4. The van der Waals surface area contributed by atoms with Crippen molar-refractivity contribution in [1.82, 2.24) is 4.98 Å². The number of aliphatic hydroxyl groups excluding tert-OH is 1. The number of aryl methyl sites for hydroxylation is 1. The van der Waals surface area contributed by atoms with Crippen molar-refractivity contribution >= 4 is 11.6 Å². The maximum Gasteiger partial charge on any atom is 0.277 e. The Kier molecular flexibility index (Phi) is 4.37. The van der Waals surface area contributed by atoms with Gasteiger partial charge in [0.05, 0.1) is 13.2 Å². The molecule has 1 aromatic carbocycles. The summed E-state index contributed by atoms with van der Waals surface area (Å²) in [5.74, 6) is 0.700. The van der Waals surface area contributed by atoms with Crippen LogP contribution in [0.1, 0.15) is 28.7 Å². The zero-order chi connectivity index (χ0) is 14.5. The Balaban J connectivity index is 2.18. The average molecular weight is 276 g/mol. The van der Waals surface area contributed by atoms with Crippen LogP contribution < -0.4 is 10.1 Å². The topological polar surface area (TPSA) is 84.6 Å². The maximum absolute atomic E-state index is 12.0. The number of hydrogen-bond acceptors (Lipinski definition) is 5. The van der Waals surface area contributed by atoms with E-state index in [1.54, 1.807) is 25.1 Å². The Morgan fingerprint density at radius 3 is 2.90 bits per heavy atom. The molecule has 0 atom stereocenters. The Morgan fingerprint density at radius 1 is 1.50 bits per heavy atom. The maximum atomic E-state index is 12.0. The van der Waals surface area contributed by atoms with Crippen molar-refractivity contribution in [3.05, 3.63) is 41.6 Å². The highest BCUT2D eigenvalue weighted by molar-refractivity contribution is 6.03. The lowest BCUT2D eigenvalue weighted by molar-refractivity contribution is 0.102. The van der Waals surface area contributed by atoms with E-state index in [-0.39, 0.29) is 18.2 Å². The van der Waals surface area contributed by atoms with Crippen LogP contribution in [0.15, 0.2) is 29.0 Å². The number of carbonyl (C=O) groups excluding carboxylic acids is 1. The highest BCUT2D eigenvalue weighted by Crippen LogP contribution is 2.23. The first-order chi connectivity index (χ1) is 9.65. The summed E-state index contributed by atoms with van der Waals surface area (Å²) < 4.78 is 10.4. The molecule has 0 aliphatic rings. The monoisotopic (exact) mass is 276 g/mol. The van der Waals surface area contributed by atoms with Gasteiger partial charge in [-0.15, -0.1) is 0 Å². The number of carbonyl (C=O) groups is 1. The number of hydrogen-bond donors (Lipinski definition) is 2. The van der Waals surface area contributed by atoms with Crippen molar-refractivity contribution in [2.75, 3.05) is 11.9 Å². The lowest BCUT2D eigenvalue weighted by Crippen LogP contribution is -2.13. The number of nitrogens with zero attached hydrogens (tertiary/aromatic N) is 1. The summed E-state index contributed by atoms with van der Waals surface area (Å²) in [5, 5.41) is 12.0. The molecule has 6 nitrogen and oxygen atoms in total. The molecule has 106 valence electrons. The van der Waals surface area contributed by atoms with E-state index in [0.717, 1.165) is 0 Å². The third-order valence-electron chi connectivity index (χ3n) is 2.75. The lowest BCUT2D eigenvalue weighted by Gasteiger charge is -2.11. The van der Waals surface area contributed by atoms with Crippen LogP contribution in [0.4, 0.5) is 5.69 Å². The molecule has 0 saturated heterocycles. The van der Waals surface area contributed by atoms with Gasteiger partial charge >= 0.3 is 0 Å². The Labute approximate surface area is 116 Å². The van der Waals surface area contributed by atoms with Gasteiger partial charge in [0.25, 0.3) is 5.91 Å². The van der Waals surface area contributed by atoms with Gasteiger partial charge in [0, 0.05) is 11.3 Å². The van der Waals surface area contributed by atoms with E-state index in [4.69, 9.17) is 9.15 Å². The fourth-order valence-corrected chi connectivity index (χ4v) is 1.79. The van der Waals surface area contributed by atoms with Gasteiger partial charge in [0.1, 0.15) is 11.5 Å². The molecule has 1 heterocycles. The van der Waals surface area contributed by atoms with E-state index in [1.165, 1.54) is 6.39 Å². The summed E-state index contributed by atoms with van der Waals surface area (Å²) in [4.78, 5) is 15.8. The molecule has 1 aromatic heterocycles. The van der Waals surface area contributed by atoms with Crippen molar-refractivity contribution in [3.8, 4) is 5.75 Å². The van der Waals surface area contributed by atoms with Crippen LogP contribution in [-0.4, -0.2) is 22.6 Å². The average Bonchev–Trinajstić information content (AvgIpc) is 2.87. The smallest absolute Gasteiger partial charge is 0.277 e. The van der Waals surface area contributed by atoms with Crippen LogP contribution in [0.3, 0.4) is 0 Å². The number of amides is 1. The van der Waals surface area contributed by atoms with Crippen molar-refractivity contribution < 1.29 is 19.1 Å². The van der Waals surface area contributed by atoms with Crippen LogP contribution in [0.25, 0.3) is 0 Å². The first-order valence-corrected chi connectivity index (χ1v) is 6.23. The Bertz CT molecular complexity index is 607. The second-order valence-corrected chi connectivity index (χ2v) is 4.12. The number of rotatable bonds is 5. The van der Waals surface area contributed by atoms with E-state index < -0.39 is 0 Å². The fraction of sp³-hybridized carbons (Fsp3) is 0.286. The highest BCUT2D eigenvalue weighted by atomic mass is 16.5. The molecule has 0 fully saturated rings. The zero-order valence-electron chi connectivity index (χ0n) is 11.3. The van der Waals surface area contributed by atoms with Gasteiger partial charge < -0.3 is 19.6 Å². The van der Waals surface area contributed by atoms with Crippen molar-refractivity contribution in [2.45, 2.75) is 20.5 Å². The summed E-state index contributed by atoms with van der Waals surface area (Å²) in [5.41, 5.74) is 1.41. The minimum atomic E-state index is -0.357. The minimum absolute atomic E-state index is 0.165. The second kappa shape index (κ2) is 6.21. The summed E-state index contributed by atoms with van der Waals surface area (Å²) in [6.07, 6.45) is 1.22. The van der Waals surface area contributed by atoms with Crippen molar-refractivity contribution in [1.29, 1.82) is 0 Å². The van der Waals surface area contributed by atoms with Crippen LogP contribution in [0, 0.1) is 6.92 Å². The van der Waals surface area contributed by atoms with Gasteiger partial charge in [-0.3, -0.25) is 4.79 Å². The molecule has 2 aromatic rings. The minimum Gasteiger partial charge on any atom is -0.494 e. The van der Waals surface area contributed by atoms with E-state index in [9.17, 15) is 9.90 Å². The van der Waals surface area contributed by atoms with Gasteiger partial charge in [0.2, 0.25) is 0 Å². The highest BCUT2D eigenvalue weighted by Gasteiger charge is 2.14. The SMILES string of the molecule is CCOc1ccc(NC(=O)c2ncoc2C)cc1CO. The summed E-state index contributed by atoms with van der Waals surface area (Å²) in [6.45, 7) is 3.88. The lowest BCUT2D eigenvalue weighted by atomic mass is 10.2. The van der Waals surface area contributed by atoms with E-state index in [0.29, 0.717) is 29.4 Å². The molecule has 0 spiro atoms. The number of aromatic nitrogens is 1. The molecule has 0 aliphatic heterocycles. The number of benzene rings is 1. The second-order valence-electron chi connectivity index (χ2n) is 4.12. The number of oxazole rings is 1. The molecule has 0 radical (unpaired) electrons. The Morgan fingerprint density at radius 2 is 2.30 bits per heavy atom. The van der Waals surface area contributed by atoms with E-state index in [1.807, 2.05) is 6.92 Å². The predicted octanol–water partition coefficient (Wildman–Crippen LogP) is 2.13. The largest absolute Gasteiger partial charge is 0.494 e. The molecular weight excluding hydrogens is 260 g/mol. The van der Waals surface area contributed by atoms with Gasteiger partial charge in [-0.2, -0.15) is 0 Å². The number of ether oxygens (including phenoxy) is 1. The van der Waals surface area contributed by atoms with Crippen molar-refractivity contribution in [2.24, 2.45) is 0 Å². The first kappa shape index (κ1) is 14.1. The molecule has 0 aliphatic carbocycles. The first-order valence-electron chi connectivity index (χ1n) is 6.23. The van der Waals surface area contributed by atoms with Gasteiger partial charge in [-0.05, 0) is 32.0 Å². The number of aliphatic hydroxyl groups is 1. The van der Waals surface area contributed by atoms with Gasteiger partial charge in [0.15, 0.2) is 12.1 Å². The molecule has 0 unspecified atom stereocenters. The molecule has 0 bridgehead atoms. The quantitative estimate of drug-likeness (QED) is 0.873. The van der Waals surface area contributed by atoms with Gasteiger partial charge in [-0.25, -0.2) is 4.98 Å². The molecule has 6 heteroatoms. The van der Waals surface area contributed by atoms with Crippen LogP contribution >= 0.6 is 0 Å².